The van der Waals surface area contributed by atoms with E-state index in [1.165, 1.54) is 18.0 Å². The molecule has 3 amide bonds. The van der Waals surface area contributed by atoms with Crippen molar-refractivity contribution in [1.82, 2.24) is 20.4 Å². The Bertz CT molecular complexity index is 526. The molecule has 0 unspecified atom stereocenters. The van der Waals surface area contributed by atoms with Gasteiger partial charge in [0.1, 0.15) is 5.56 Å². The minimum atomic E-state index is -0.722. The van der Waals surface area contributed by atoms with E-state index < -0.39 is 24.5 Å². The van der Waals surface area contributed by atoms with Gasteiger partial charge in [0, 0.05) is 26.4 Å². The van der Waals surface area contributed by atoms with E-state index in [0.717, 1.165) is 0 Å². The Morgan fingerprint density at radius 2 is 2.10 bits per heavy atom. The van der Waals surface area contributed by atoms with Crippen molar-refractivity contribution in [2.24, 2.45) is 7.05 Å². The summed E-state index contributed by atoms with van der Waals surface area (Å²) in [5.41, 5.74) is 0.896. The number of hydrogen-bond acceptors (Lipinski definition) is 6. The number of aryl methyl sites for hydroxylation is 1. The highest BCUT2D eigenvalue weighted by atomic mass is 16.5. The lowest BCUT2D eigenvalue weighted by Gasteiger charge is -2.07. The largest absolute Gasteiger partial charge is 0.452 e. The molecule has 1 aromatic rings. The Morgan fingerprint density at radius 3 is 2.67 bits per heavy atom. The van der Waals surface area contributed by atoms with E-state index in [9.17, 15) is 14.4 Å². The third kappa shape index (κ3) is 5.22. The normalized spacial score (nSPS) is 10.0. The first-order chi connectivity index (χ1) is 9.95. The van der Waals surface area contributed by atoms with E-state index in [2.05, 4.69) is 10.4 Å². The first kappa shape index (κ1) is 16.6. The van der Waals surface area contributed by atoms with Crippen molar-refractivity contribution in [3.8, 4) is 0 Å². The highest BCUT2D eigenvalue weighted by Gasteiger charge is 2.16. The van der Waals surface area contributed by atoms with Gasteiger partial charge in [-0.3, -0.25) is 14.8 Å². The van der Waals surface area contributed by atoms with Crippen molar-refractivity contribution in [3.05, 3.63) is 17.5 Å². The SMILES string of the molecule is COCCNC(=O)NC(=O)COC(=O)c1cnn(C)c1C. The van der Waals surface area contributed by atoms with Crippen LogP contribution in [0.1, 0.15) is 16.1 Å². The standard InChI is InChI=1S/C12H18N4O5/c1-8-9(6-14-16(8)2)11(18)21-7-10(17)15-12(19)13-4-5-20-3/h6H,4-5,7H2,1-3H3,(H2,13,15,17,19). The van der Waals surface area contributed by atoms with E-state index in [-0.39, 0.29) is 12.1 Å². The van der Waals surface area contributed by atoms with Gasteiger partial charge in [0.25, 0.3) is 5.91 Å². The molecule has 1 heterocycles. The maximum Gasteiger partial charge on any atom is 0.342 e. The van der Waals surface area contributed by atoms with Crippen LogP contribution in [0.5, 0.6) is 0 Å². The number of nitrogens with one attached hydrogen (secondary N) is 2. The summed E-state index contributed by atoms with van der Waals surface area (Å²) >= 11 is 0. The van der Waals surface area contributed by atoms with Crippen molar-refractivity contribution >= 4 is 17.9 Å². The van der Waals surface area contributed by atoms with Gasteiger partial charge in [-0.25, -0.2) is 9.59 Å². The minimum absolute atomic E-state index is 0.268. The van der Waals surface area contributed by atoms with Gasteiger partial charge in [-0.15, -0.1) is 0 Å². The fraction of sp³-hybridized carbons (Fsp3) is 0.500. The van der Waals surface area contributed by atoms with E-state index >= 15 is 0 Å². The number of rotatable bonds is 6. The maximum absolute atomic E-state index is 11.7. The van der Waals surface area contributed by atoms with Crippen LogP contribution in [0.15, 0.2) is 6.20 Å². The van der Waals surface area contributed by atoms with E-state index in [1.54, 1.807) is 14.0 Å². The number of nitrogens with zero attached hydrogens (tertiary/aromatic N) is 2. The number of amides is 3. The zero-order chi connectivity index (χ0) is 15.8. The van der Waals surface area contributed by atoms with Crippen LogP contribution in [-0.2, 0) is 21.3 Å². The second-order valence-corrected chi connectivity index (χ2v) is 4.14. The summed E-state index contributed by atoms with van der Waals surface area (Å²) in [6.07, 6.45) is 1.35. The highest BCUT2D eigenvalue weighted by molar-refractivity contribution is 5.97. The van der Waals surface area contributed by atoms with Crippen molar-refractivity contribution < 1.29 is 23.9 Å². The zero-order valence-electron chi connectivity index (χ0n) is 12.1. The van der Waals surface area contributed by atoms with Gasteiger partial charge in [-0.2, -0.15) is 5.10 Å². The van der Waals surface area contributed by atoms with E-state index in [4.69, 9.17) is 9.47 Å². The van der Waals surface area contributed by atoms with Crippen molar-refractivity contribution in [2.45, 2.75) is 6.92 Å². The fourth-order valence-electron chi connectivity index (χ4n) is 1.38. The molecule has 1 rings (SSSR count). The molecular formula is C12H18N4O5. The Balaban J connectivity index is 2.34. The summed E-state index contributed by atoms with van der Waals surface area (Å²) in [5.74, 6) is -1.39. The molecule has 0 aliphatic heterocycles. The van der Waals surface area contributed by atoms with Crippen LogP contribution in [0.3, 0.4) is 0 Å². The molecule has 2 N–H and O–H groups in total. The molecule has 0 aliphatic carbocycles. The van der Waals surface area contributed by atoms with E-state index in [1.807, 2.05) is 5.32 Å². The Labute approximate surface area is 121 Å². The molecule has 0 aromatic carbocycles. The zero-order valence-corrected chi connectivity index (χ0v) is 12.1. The molecule has 9 nitrogen and oxygen atoms in total. The predicted molar refractivity (Wildman–Crippen MR) is 71.6 cm³/mol. The predicted octanol–water partition coefficient (Wildman–Crippen LogP) is -0.642. The smallest absolute Gasteiger partial charge is 0.342 e. The molecule has 0 fully saturated rings. The maximum atomic E-state index is 11.7. The van der Waals surface area contributed by atoms with Crippen molar-refractivity contribution in [3.63, 3.8) is 0 Å². The Hall–Kier alpha value is -2.42. The van der Waals surface area contributed by atoms with Crippen LogP contribution < -0.4 is 10.6 Å². The second kappa shape index (κ2) is 8.00. The highest BCUT2D eigenvalue weighted by Crippen LogP contribution is 2.06. The lowest BCUT2D eigenvalue weighted by molar-refractivity contribution is -0.123. The number of urea groups is 1. The number of imide groups is 1. The molecule has 1 aromatic heterocycles. The van der Waals surface area contributed by atoms with Gasteiger partial charge >= 0.3 is 12.0 Å². The molecule has 116 valence electrons. The number of carbonyl (C=O) groups excluding carboxylic acids is 3. The van der Waals surface area contributed by atoms with Gasteiger partial charge in [-0.05, 0) is 6.92 Å². The average Bonchev–Trinajstić information content (AvgIpc) is 2.77. The average molecular weight is 298 g/mol. The third-order valence-corrected chi connectivity index (χ3v) is 2.63. The lowest BCUT2D eigenvalue weighted by atomic mass is 10.3. The first-order valence-electron chi connectivity index (χ1n) is 6.18. The molecule has 21 heavy (non-hydrogen) atoms. The summed E-state index contributed by atoms with van der Waals surface area (Å²) in [6, 6.07) is -0.675. The Morgan fingerprint density at radius 1 is 1.38 bits per heavy atom. The lowest BCUT2D eigenvalue weighted by Crippen LogP contribution is -2.42. The summed E-state index contributed by atoms with van der Waals surface area (Å²) < 4.78 is 11.0. The quantitative estimate of drug-likeness (QED) is 0.533. The van der Waals surface area contributed by atoms with Crippen molar-refractivity contribution in [2.75, 3.05) is 26.9 Å². The minimum Gasteiger partial charge on any atom is -0.452 e. The molecule has 9 heteroatoms. The van der Waals surface area contributed by atoms with Crippen LogP contribution in [0.4, 0.5) is 4.79 Å². The first-order valence-corrected chi connectivity index (χ1v) is 6.18. The van der Waals surface area contributed by atoms with Crippen LogP contribution in [0.2, 0.25) is 0 Å². The summed E-state index contributed by atoms with van der Waals surface area (Å²) in [6.45, 7) is 1.75. The Kier molecular flexibility index (Phi) is 6.34. The van der Waals surface area contributed by atoms with Gasteiger partial charge < -0.3 is 14.8 Å². The summed E-state index contributed by atoms with van der Waals surface area (Å²) in [5, 5.41) is 8.31. The molecular weight excluding hydrogens is 280 g/mol. The number of aromatic nitrogens is 2. The van der Waals surface area contributed by atoms with Gasteiger partial charge in [-0.1, -0.05) is 0 Å². The van der Waals surface area contributed by atoms with Crippen LogP contribution in [-0.4, -0.2) is 54.6 Å². The number of methoxy groups -OCH3 is 1. The van der Waals surface area contributed by atoms with Gasteiger partial charge in [0.2, 0.25) is 0 Å². The summed E-state index contributed by atoms with van der Waals surface area (Å²) in [7, 11) is 3.17. The monoisotopic (exact) mass is 298 g/mol. The third-order valence-electron chi connectivity index (χ3n) is 2.63. The van der Waals surface area contributed by atoms with E-state index in [0.29, 0.717) is 12.3 Å². The number of hydrogen-bond donors (Lipinski definition) is 2. The molecule has 0 saturated heterocycles. The fourth-order valence-corrected chi connectivity index (χ4v) is 1.38. The molecule has 0 saturated carbocycles. The van der Waals surface area contributed by atoms with Gasteiger partial charge in [0.15, 0.2) is 6.61 Å². The topological polar surface area (TPSA) is 112 Å². The molecule has 0 spiro atoms. The van der Waals surface area contributed by atoms with Gasteiger partial charge in [0.05, 0.1) is 12.8 Å². The molecule has 0 bridgehead atoms. The van der Waals surface area contributed by atoms with Crippen molar-refractivity contribution in [1.29, 1.82) is 0 Å². The number of carbonyl (C=O) groups is 3. The number of esters is 1. The molecule has 0 radical (unpaired) electrons. The molecule has 0 atom stereocenters. The van der Waals surface area contributed by atoms with Crippen LogP contribution >= 0.6 is 0 Å². The summed E-state index contributed by atoms with van der Waals surface area (Å²) in [4.78, 5) is 34.4. The second-order valence-electron chi connectivity index (χ2n) is 4.14. The molecule has 0 aliphatic rings. The van der Waals surface area contributed by atoms with Crippen LogP contribution in [0.25, 0.3) is 0 Å². The number of ether oxygens (including phenoxy) is 2. The van der Waals surface area contributed by atoms with Crippen LogP contribution in [0, 0.1) is 6.92 Å².